The first-order valence-electron chi connectivity index (χ1n) is 13.3. The van der Waals surface area contributed by atoms with Crippen molar-refractivity contribution < 1.29 is 19.4 Å². The molecule has 0 aromatic rings. The molecular formula is C28H44O4. The van der Waals surface area contributed by atoms with E-state index < -0.39 is 5.60 Å². The van der Waals surface area contributed by atoms with Gasteiger partial charge >= 0.3 is 5.97 Å². The fourth-order valence-electron chi connectivity index (χ4n) is 8.44. The van der Waals surface area contributed by atoms with Gasteiger partial charge in [0, 0.05) is 12.8 Å². The van der Waals surface area contributed by atoms with Crippen LogP contribution in [0.2, 0.25) is 0 Å². The molecule has 3 fully saturated rings. The lowest BCUT2D eigenvalue weighted by atomic mass is 9.44. The Balaban J connectivity index is 1.42. The molecule has 1 N–H and O–H groups in total. The van der Waals surface area contributed by atoms with E-state index >= 15 is 0 Å². The molecule has 3 saturated carbocycles. The predicted molar refractivity (Wildman–Crippen MR) is 126 cm³/mol. The van der Waals surface area contributed by atoms with Gasteiger partial charge in [-0.05, 0) is 105 Å². The van der Waals surface area contributed by atoms with Crippen LogP contribution in [0.25, 0.3) is 0 Å². The van der Waals surface area contributed by atoms with Gasteiger partial charge in [0.15, 0.2) is 5.78 Å². The zero-order valence-electron chi connectivity index (χ0n) is 20.8. The third-order valence-corrected chi connectivity index (χ3v) is 10.5. The van der Waals surface area contributed by atoms with Crippen molar-refractivity contribution in [2.75, 3.05) is 6.61 Å². The van der Waals surface area contributed by atoms with Gasteiger partial charge in [-0.1, -0.05) is 33.3 Å². The van der Waals surface area contributed by atoms with E-state index in [1.807, 2.05) is 13.0 Å². The topological polar surface area (TPSA) is 63.6 Å². The maximum Gasteiger partial charge on any atom is 0.305 e. The molecule has 0 amide bonds. The van der Waals surface area contributed by atoms with Crippen LogP contribution in [0, 0.1) is 34.5 Å². The summed E-state index contributed by atoms with van der Waals surface area (Å²) in [6.07, 6.45) is 13.1. The molecule has 0 saturated heterocycles. The van der Waals surface area contributed by atoms with Crippen molar-refractivity contribution >= 4 is 11.8 Å². The smallest absolute Gasteiger partial charge is 0.305 e. The Kier molecular flexibility index (Phi) is 6.66. The molecule has 0 aromatic carbocycles. The number of ether oxygens (including phenoxy) is 1. The first-order valence-corrected chi connectivity index (χ1v) is 13.3. The molecule has 0 radical (unpaired) electrons. The molecule has 32 heavy (non-hydrogen) atoms. The van der Waals surface area contributed by atoms with E-state index in [0.29, 0.717) is 48.9 Å². The SMILES string of the molecule is CCCC(=O)OCCCCC1(O)CC[C@H]2[C@@H]3CCC4=CC(=O)CC(C)[C@]4(C)[C@@H]3CC[C@@]21C. The molecule has 4 heteroatoms. The average molecular weight is 445 g/mol. The molecule has 4 nitrogen and oxygen atoms in total. The molecule has 7 atom stereocenters. The minimum absolute atomic E-state index is 0.0155. The normalized spacial score (nSPS) is 43.2. The Hall–Kier alpha value is -1.16. The van der Waals surface area contributed by atoms with Gasteiger partial charge in [-0.2, -0.15) is 0 Å². The van der Waals surface area contributed by atoms with Crippen molar-refractivity contribution in [3.63, 3.8) is 0 Å². The van der Waals surface area contributed by atoms with E-state index in [-0.39, 0.29) is 16.8 Å². The van der Waals surface area contributed by atoms with E-state index in [1.54, 1.807) is 0 Å². The summed E-state index contributed by atoms with van der Waals surface area (Å²) in [5.74, 6) is 2.52. The van der Waals surface area contributed by atoms with Crippen molar-refractivity contribution in [2.24, 2.45) is 34.5 Å². The Bertz CT molecular complexity index is 771. The number of ketones is 1. The number of allylic oxidation sites excluding steroid dienone is 1. The highest BCUT2D eigenvalue weighted by Gasteiger charge is 2.64. The van der Waals surface area contributed by atoms with Crippen LogP contribution in [0.15, 0.2) is 11.6 Å². The number of esters is 1. The summed E-state index contributed by atoms with van der Waals surface area (Å²) in [5, 5.41) is 11.8. The third-order valence-electron chi connectivity index (χ3n) is 10.5. The summed E-state index contributed by atoms with van der Waals surface area (Å²) in [6.45, 7) is 9.56. The first kappa shape index (κ1) is 24.0. The summed E-state index contributed by atoms with van der Waals surface area (Å²) in [7, 11) is 0. The van der Waals surface area contributed by atoms with Crippen LogP contribution in [0.5, 0.6) is 0 Å². The lowest BCUT2D eigenvalue weighted by Crippen LogP contribution is -2.56. The maximum atomic E-state index is 12.2. The fourth-order valence-corrected chi connectivity index (χ4v) is 8.44. The van der Waals surface area contributed by atoms with E-state index in [9.17, 15) is 14.7 Å². The molecule has 0 heterocycles. The minimum atomic E-state index is -0.596. The Morgan fingerprint density at radius 2 is 1.91 bits per heavy atom. The molecule has 0 aromatic heterocycles. The molecule has 0 spiro atoms. The minimum Gasteiger partial charge on any atom is -0.466 e. The van der Waals surface area contributed by atoms with Gasteiger partial charge in [-0.15, -0.1) is 0 Å². The van der Waals surface area contributed by atoms with E-state index in [1.165, 1.54) is 18.4 Å². The lowest BCUT2D eigenvalue weighted by molar-refractivity contribution is -0.144. The number of carbonyl (C=O) groups excluding carboxylic acids is 2. The standard InChI is InChI=1S/C28H44O4/c1-5-8-25(30)32-16-7-6-13-28(31)15-12-23-22-10-9-20-18-21(29)17-19(2)27(20,4)24(22)11-14-26(23,28)3/h18-19,22-24,31H,5-17H2,1-4H3/t19?,22-,23-,24+,26-,27-,28?/m0/s1. The van der Waals surface area contributed by atoms with E-state index in [4.69, 9.17) is 4.74 Å². The summed E-state index contributed by atoms with van der Waals surface area (Å²) >= 11 is 0. The van der Waals surface area contributed by atoms with Crippen LogP contribution < -0.4 is 0 Å². The van der Waals surface area contributed by atoms with Crippen molar-refractivity contribution in [3.8, 4) is 0 Å². The lowest BCUT2D eigenvalue weighted by Gasteiger charge is -2.60. The van der Waals surface area contributed by atoms with Crippen LogP contribution >= 0.6 is 0 Å². The fraction of sp³-hybridized carbons (Fsp3) is 0.857. The quantitative estimate of drug-likeness (QED) is 0.386. The number of carbonyl (C=O) groups is 2. The summed E-state index contributed by atoms with van der Waals surface area (Å²) < 4.78 is 5.31. The summed E-state index contributed by atoms with van der Waals surface area (Å²) in [6, 6.07) is 0. The van der Waals surface area contributed by atoms with Crippen LogP contribution in [0.4, 0.5) is 0 Å². The zero-order valence-corrected chi connectivity index (χ0v) is 20.8. The highest BCUT2D eigenvalue weighted by Crippen LogP contribution is 2.68. The Morgan fingerprint density at radius 3 is 2.66 bits per heavy atom. The number of rotatable bonds is 7. The number of hydrogen-bond acceptors (Lipinski definition) is 4. The van der Waals surface area contributed by atoms with Crippen molar-refractivity contribution in [2.45, 2.75) is 110 Å². The zero-order chi connectivity index (χ0) is 23.1. The van der Waals surface area contributed by atoms with Crippen molar-refractivity contribution in [1.29, 1.82) is 0 Å². The van der Waals surface area contributed by atoms with Gasteiger partial charge < -0.3 is 9.84 Å². The second-order valence-corrected chi connectivity index (χ2v) is 11.9. The molecule has 4 aliphatic carbocycles. The summed E-state index contributed by atoms with van der Waals surface area (Å²) in [5.41, 5.74) is 0.956. The molecule has 180 valence electrons. The Morgan fingerprint density at radius 1 is 1.16 bits per heavy atom. The second-order valence-electron chi connectivity index (χ2n) is 11.9. The van der Waals surface area contributed by atoms with Crippen LogP contribution in [0.1, 0.15) is 105 Å². The molecular weight excluding hydrogens is 400 g/mol. The molecule has 4 rings (SSSR count). The first-order chi connectivity index (χ1) is 15.2. The molecule has 0 bridgehead atoms. The predicted octanol–water partition coefficient (Wildman–Crippen LogP) is 6.01. The van der Waals surface area contributed by atoms with Crippen LogP contribution in [-0.2, 0) is 14.3 Å². The third kappa shape index (κ3) is 3.79. The monoisotopic (exact) mass is 444 g/mol. The average Bonchev–Trinajstić information content (AvgIpc) is 3.00. The van der Waals surface area contributed by atoms with Crippen LogP contribution in [-0.4, -0.2) is 29.1 Å². The van der Waals surface area contributed by atoms with Gasteiger partial charge in [0.25, 0.3) is 0 Å². The summed E-state index contributed by atoms with van der Waals surface area (Å²) in [4.78, 5) is 23.8. The Labute approximate surface area is 194 Å². The second kappa shape index (κ2) is 8.89. The van der Waals surface area contributed by atoms with E-state index in [2.05, 4.69) is 20.8 Å². The largest absolute Gasteiger partial charge is 0.466 e. The number of fused-ring (bicyclic) bond motifs is 5. The van der Waals surface area contributed by atoms with Crippen molar-refractivity contribution in [1.82, 2.24) is 0 Å². The van der Waals surface area contributed by atoms with Crippen LogP contribution in [0.3, 0.4) is 0 Å². The molecule has 2 unspecified atom stereocenters. The van der Waals surface area contributed by atoms with E-state index in [0.717, 1.165) is 51.4 Å². The number of hydrogen-bond donors (Lipinski definition) is 1. The maximum absolute atomic E-state index is 12.2. The highest BCUT2D eigenvalue weighted by molar-refractivity contribution is 5.92. The molecule has 4 aliphatic rings. The van der Waals surface area contributed by atoms with Gasteiger partial charge in [0.2, 0.25) is 0 Å². The van der Waals surface area contributed by atoms with Gasteiger partial charge in [0.05, 0.1) is 12.2 Å². The van der Waals surface area contributed by atoms with Crippen molar-refractivity contribution in [3.05, 3.63) is 11.6 Å². The van der Waals surface area contributed by atoms with Gasteiger partial charge in [-0.25, -0.2) is 0 Å². The van der Waals surface area contributed by atoms with Gasteiger partial charge in [0.1, 0.15) is 0 Å². The molecule has 0 aliphatic heterocycles. The van der Waals surface area contributed by atoms with Gasteiger partial charge in [-0.3, -0.25) is 9.59 Å². The number of aliphatic hydroxyl groups is 1. The highest BCUT2D eigenvalue weighted by atomic mass is 16.5. The number of unbranched alkanes of at least 4 members (excludes halogenated alkanes) is 1.